The van der Waals surface area contributed by atoms with E-state index in [9.17, 15) is 14.9 Å². The molecule has 0 aliphatic carbocycles. The minimum absolute atomic E-state index is 0.355. The van der Waals surface area contributed by atoms with Crippen LogP contribution in [0.2, 0.25) is 0 Å². The molecule has 0 radical (unpaired) electrons. The fourth-order valence-corrected chi connectivity index (χ4v) is 2.36. The number of imide groups is 1. The SMILES string of the molecule is N#C[C@H](c1ccccc1)N1C(=O)c2ccccc2C1=O. The summed E-state index contributed by atoms with van der Waals surface area (Å²) in [5, 5.41) is 9.36. The van der Waals surface area contributed by atoms with Crippen molar-refractivity contribution in [2.75, 3.05) is 0 Å². The molecule has 2 amide bonds. The predicted molar refractivity (Wildman–Crippen MR) is 71.7 cm³/mol. The standard InChI is InChI=1S/C16H10N2O2/c17-10-14(11-6-2-1-3-7-11)18-15(19)12-8-4-5-9-13(12)16(18)20/h1-9,14H/t14-/m1/s1. The van der Waals surface area contributed by atoms with E-state index in [2.05, 4.69) is 0 Å². The Balaban J connectivity index is 2.06. The molecular formula is C16H10N2O2. The first-order chi connectivity index (χ1) is 9.74. The molecule has 0 saturated heterocycles. The van der Waals surface area contributed by atoms with E-state index in [0.29, 0.717) is 16.7 Å². The average Bonchev–Trinajstić information content (AvgIpc) is 2.75. The highest BCUT2D eigenvalue weighted by atomic mass is 16.2. The van der Waals surface area contributed by atoms with Crippen LogP contribution in [0.25, 0.3) is 0 Å². The summed E-state index contributed by atoms with van der Waals surface area (Å²) in [6, 6.07) is 16.6. The second-order valence-corrected chi connectivity index (χ2v) is 4.47. The minimum Gasteiger partial charge on any atom is -0.269 e. The zero-order valence-electron chi connectivity index (χ0n) is 10.5. The van der Waals surface area contributed by atoms with Gasteiger partial charge >= 0.3 is 0 Å². The Morgan fingerprint density at radius 1 is 0.850 bits per heavy atom. The number of hydrogen-bond donors (Lipinski definition) is 0. The number of fused-ring (bicyclic) bond motifs is 1. The molecule has 0 aromatic heterocycles. The van der Waals surface area contributed by atoms with Crippen molar-refractivity contribution in [3.8, 4) is 6.07 Å². The van der Waals surface area contributed by atoms with Crippen molar-refractivity contribution in [2.45, 2.75) is 6.04 Å². The smallest absolute Gasteiger partial charge is 0.262 e. The molecule has 2 aromatic carbocycles. The molecule has 1 aliphatic heterocycles. The van der Waals surface area contributed by atoms with Crippen molar-refractivity contribution in [1.82, 2.24) is 4.90 Å². The van der Waals surface area contributed by atoms with Gasteiger partial charge in [-0.1, -0.05) is 42.5 Å². The number of rotatable bonds is 2. The van der Waals surface area contributed by atoms with E-state index in [4.69, 9.17) is 0 Å². The van der Waals surface area contributed by atoms with Gasteiger partial charge in [0.15, 0.2) is 6.04 Å². The highest BCUT2D eigenvalue weighted by molar-refractivity contribution is 6.21. The molecule has 4 nitrogen and oxygen atoms in total. The Labute approximate surface area is 115 Å². The molecule has 0 fully saturated rings. The summed E-state index contributed by atoms with van der Waals surface area (Å²) in [6.07, 6.45) is 0. The van der Waals surface area contributed by atoms with E-state index in [-0.39, 0.29) is 0 Å². The molecule has 0 unspecified atom stereocenters. The first-order valence-corrected chi connectivity index (χ1v) is 6.15. The number of nitrogens with zero attached hydrogens (tertiary/aromatic N) is 2. The second-order valence-electron chi connectivity index (χ2n) is 4.47. The first-order valence-electron chi connectivity index (χ1n) is 6.15. The van der Waals surface area contributed by atoms with Crippen LogP contribution >= 0.6 is 0 Å². The second kappa shape index (κ2) is 4.63. The summed E-state index contributed by atoms with van der Waals surface area (Å²) in [5.41, 5.74) is 1.34. The zero-order valence-corrected chi connectivity index (χ0v) is 10.5. The van der Waals surface area contributed by atoms with Crippen LogP contribution in [0.1, 0.15) is 32.3 Å². The van der Waals surface area contributed by atoms with Crippen LogP contribution in [-0.4, -0.2) is 16.7 Å². The third-order valence-electron chi connectivity index (χ3n) is 3.32. The van der Waals surface area contributed by atoms with Crippen molar-refractivity contribution in [2.24, 2.45) is 0 Å². The molecule has 0 spiro atoms. The quantitative estimate of drug-likeness (QED) is 0.781. The van der Waals surface area contributed by atoms with Crippen LogP contribution in [0.3, 0.4) is 0 Å². The maximum absolute atomic E-state index is 12.3. The molecular weight excluding hydrogens is 252 g/mol. The first kappa shape index (κ1) is 12.1. The molecule has 20 heavy (non-hydrogen) atoms. The topological polar surface area (TPSA) is 61.2 Å². The normalized spacial score (nSPS) is 14.8. The molecule has 2 aromatic rings. The summed E-state index contributed by atoms with van der Waals surface area (Å²) in [6.45, 7) is 0. The van der Waals surface area contributed by atoms with Crippen LogP contribution in [0.5, 0.6) is 0 Å². The fraction of sp³-hybridized carbons (Fsp3) is 0.0625. The number of benzene rings is 2. The van der Waals surface area contributed by atoms with Gasteiger partial charge in [-0.2, -0.15) is 5.26 Å². The van der Waals surface area contributed by atoms with E-state index in [1.54, 1.807) is 48.5 Å². The van der Waals surface area contributed by atoms with Crippen LogP contribution in [0.15, 0.2) is 54.6 Å². The number of nitriles is 1. The van der Waals surface area contributed by atoms with E-state index >= 15 is 0 Å². The van der Waals surface area contributed by atoms with Gasteiger partial charge in [0.2, 0.25) is 0 Å². The molecule has 1 atom stereocenters. The molecule has 3 rings (SSSR count). The Kier molecular flexibility index (Phi) is 2.81. The minimum atomic E-state index is -0.899. The van der Waals surface area contributed by atoms with Gasteiger partial charge in [0.1, 0.15) is 0 Å². The van der Waals surface area contributed by atoms with Gasteiger partial charge in [0, 0.05) is 0 Å². The fourth-order valence-electron chi connectivity index (χ4n) is 2.36. The van der Waals surface area contributed by atoms with Gasteiger partial charge in [-0.25, -0.2) is 0 Å². The third-order valence-corrected chi connectivity index (χ3v) is 3.32. The Hall–Kier alpha value is -2.93. The monoisotopic (exact) mass is 262 g/mol. The lowest BCUT2D eigenvalue weighted by Gasteiger charge is -2.20. The molecule has 4 heteroatoms. The molecule has 96 valence electrons. The third kappa shape index (κ3) is 1.69. The lowest BCUT2D eigenvalue weighted by Crippen LogP contribution is -2.33. The van der Waals surface area contributed by atoms with Gasteiger partial charge in [-0.15, -0.1) is 0 Å². The Morgan fingerprint density at radius 2 is 1.35 bits per heavy atom. The summed E-state index contributed by atoms with van der Waals surface area (Å²) >= 11 is 0. The lowest BCUT2D eigenvalue weighted by molar-refractivity contribution is 0.0618. The largest absolute Gasteiger partial charge is 0.269 e. The van der Waals surface area contributed by atoms with Crippen molar-refractivity contribution >= 4 is 11.8 Å². The summed E-state index contributed by atoms with van der Waals surface area (Å²) in [4.78, 5) is 25.7. The van der Waals surface area contributed by atoms with Gasteiger partial charge in [-0.05, 0) is 17.7 Å². The van der Waals surface area contributed by atoms with Gasteiger partial charge in [0.05, 0.1) is 17.2 Å². The van der Waals surface area contributed by atoms with Crippen molar-refractivity contribution in [3.63, 3.8) is 0 Å². The zero-order chi connectivity index (χ0) is 14.1. The van der Waals surface area contributed by atoms with E-state index in [1.807, 2.05) is 12.1 Å². The van der Waals surface area contributed by atoms with Crippen LogP contribution < -0.4 is 0 Å². The van der Waals surface area contributed by atoms with Crippen molar-refractivity contribution < 1.29 is 9.59 Å². The number of hydrogen-bond acceptors (Lipinski definition) is 3. The maximum atomic E-state index is 12.3. The van der Waals surface area contributed by atoms with E-state index in [1.165, 1.54) is 0 Å². The highest BCUT2D eigenvalue weighted by Gasteiger charge is 2.40. The lowest BCUT2D eigenvalue weighted by atomic mass is 10.1. The molecule has 0 bridgehead atoms. The van der Waals surface area contributed by atoms with Crippen LogP contribution in [0, 0.1) is 11.3 Å². The molecule has 0 N–H and O–H groups in total. The summed E-state index contributed by atoms with van der Waals surface area (Å²) in [5.74, 6) is -0.831. The number of carbonyl (C=O) groups is 2. The van der Waals surface area contributed by atoms with Crippen LogP contribution in [-0.2, 0) is 0 Å². The van der Waals surface area contributed by atoms with E-state index < -0.39 is 17.9 Å². The predicted octanol–water partition coefficient (Wildman–Crippen LogP) is 2.55. The Bertz CT molecular complexity index is 697. The maximum Gasteiger partial charge on any atom is 0.262 e. The molecule has 0 saturated carbocycles. The van der Waals surface area contributed by atoms with Crippen molar-refractivity contribution in [1.29, 1.82) is 5.26 Å². The van der Waals surface area contributed by atoms with Crippen molar-refractivity contribution in [3.05, 3.63) is 71.3 Å². The van der Waals surface area contributed by atoms with Gasteiger partial charge in [0.25, 0.3) is 11.8 Å². The summed E-state index contributed by atoms with van der Waals surface area (Å²) in [7, 11) is 0. The Morgan fingerprint density at radius 3 is 1.85 bits per heavy atom. The molecule has 1 aliphatic rings. The van der Waals surface area contributed by atoms with Gasteiger partial charge < -0.3 is 0 Å². The van der Waals surface area contributed by atoms with E-state index in [0.717, 1.165) is 4.90 Å². The average molecular weight is 262 g/mol. The van der Waals surface area contributed by atoms with Crippen LogP contribution in [0.4, 0.5) is 0 Å². The van der Waals surface area contributed by atoms with Gasteiger partial charge in [-0.3, -0.25) is 14.5 Å². The number of carbonyl (C=O) groups excluding carboxylic acids is 2. The summed E-state index contributed by atoms with van der Waals surface area (Å²) < 4.78 is 0. The highest BCUT2D eigenvalue weighted by Crippen LogP contribution is 2.30. The molecule has 1 heterocycles. The number of amides is 2.